The van der Waals surface area contributed by atoms with Gasteiger partial charge in [-0.2, -0.15) is 0 Å². The summed E-state index contributed by atoms with van der Waals surface area (Å²) in [4.78, 5) is 25.1. The molecule has 0 radical (unpaired) electrons. The third-order valence-electron chi connectivity index (χ3n) is 5.11. The van der Waals surface area contributed by atoms with Gasteiger partial charge in [0.2, 0.25) is 5.91 Å². The summed E-state index contributed by atoms with van der Waals surface area (Å²) in [6.45, 7) is 0.121. The van der Waals surface area contributed by atoms with E-state index in [-0.39, 0.29) is 30.8 Å². The molecule has 3 rings (SSSR count). The second-order valence-electron chi connectivity index (χ2n) is 6.17. The number of rotatable bonds is 2. The number of amides is 1. The minimum atomic E-state index is -1.04. The topological polar surface area (TPSA) is 104 Å². The van der Waals surface area contributed by atoms with Gasteiger partial charge in [0, 0.05) is 19.0 Å². The molecular formula is C13H20N2O4. The molecule has 0 aromatic carbocycles. The quantitative estimate of drug-likeness (QED) is 0.621. The van der Waals surface area contributed by atoms with Gasteiger partial charge in [0.1, 0.15) is 6.04 Å². The summed E-state index contributed by atoms with van der Waals surface area (Å²) in [7, 11) is 0. The summed E-state index contributed by atoms with van der Waals surface area (Å²) in [5, 5.41) is 18.8. The number of carboxylic acid groups (broad SMARTS) is 1. The molecule has 6 nitrogen and oxygen atoms in total. The van der Waals surface area contributed by atoms with Crippen LogP contribution in [0.2, 0.25) is 0 Å². The Morgan fingerprint density at radius 1 is 1.16 bits per heavy atom. The number of carbonyl (C=O) groups excluding carboxylic acids is 1. The SMILES string of the molecule is NC1C2CCC(C2)C1C(=O)N1C[C@@H](O)C[C@H]1C(=O)O. The maximum Gasteiger partial charge on any atom is 0.326 e. The van der Waals surface area contributed by atoms with Crippen LogP contribution in [0, 0.1) is 17.8 Å². The summed E-state index contributed by atoms with van der Waals surface area (Å²) in [6, 6.07) is -1.03. The normalized spacial score (nSPS) is 44.8. The Kier molecular flexibility index (Phi) is 3.02. The molecule has 6 atom stereocenters. The van der Waals surface area contributed by atoms with E-state index in [4.69, 9.17) is 10.8 Å². The van der Waals surface area contributed by atoms with Crippen LogP contribution >= 0.6 is 0 Å². The van der Waals surface area contributed by atoms with Crippen molar-refractivity contribution in [2.24, 2.45) is 23.5 Å². The minimum absolute atomic E-state index is 0.121. The van der Waals surface area contributed by atoms with Crippen LogP contribution in [-0.4, -0.2) is 51.7 Å². The highest BCUT2D eigenvalue weighted by Gasteiger charge is 2.52. The van der Waals surface area contributed by atoms with Crippen molar-refractivity contribution in [3.8, 4) is 0 Å². The van der Waals surface area contributed by atoms with Crippen molar-refractivity contribution in [3.05, 3.63) is 0 Å². The Morgan fingerprint density at radius 3 is 2.42 bits per heavy atom. The highest BCUT2D eigenvalue weighted by atomic mass is 16.4. The van der Waals surface area contributed by atoms with Crippen molar-refractivity contribution in [1.29, 1.82) is 0 Å². The minimum Gasteiger partial charge on any atom is -0.480 e. The van der Waals surface area contributed by atoms with Gasteiger partial charge in [-0.15, -0.1) is 0 Å². The summed E-state index contributed by atoms with van der Waals surface area (Å²) >= 11 is 0. The largest absolute Gasteiger partial charge is 0.480 e. The van der Waals surface area contributed by atoms with Crippen molar-refractivity contribution in [1.82, 2.24) is 4.90 Å². The van der Waals surface area contributed by atoms with Crippen molar-refractivity contribution in [2.45, 2.75) is 43.9 Å². The first-order chi connectivity index (χ1) is 8.99. The number of aliphatic hydroxyl groups excluding tert-OH is 1. The maximum atomic E-state index is 12.6. The number of hydrogen-bond donors (Lipinski definition) is 3. The zero-order valence-electron chi connectivity index (χ0n) is 10.7. The highest BCUT2D eigenvalue weighted by molar-refractivity contribution is 5.86. The number of nitrogens with zero attached hydrogens (tertiary/aromatic N) is 1. The van der Waals surface area contributed by atoms with Crippen molar-refractivity contribution in [2.75, 3.05) is 6.54 Å². The van der Waals surface area contributed by atoms with Crippen molar-refractivity contribution >= 4 is 11.9 Å². The van der Waals surface area contributed by atoms with Gasteiger partial charge in [-0.05, 0) is 31.1 Å². The molecule has 3 fully saturated rings. The van der Waals surface area contributed by atoms with Gasteiger partial charge in [-0.3, -0.25) is 4.79 Å². The number of carboxylic acids is 1. The first-order valence-corrected chi connectivity index (χ1v) is 6.96. The predicted molar refractivity (Wildman–Crippen MR) is 66.1 cm³/mol. The average Bonchev–Trinajstić information content (AvgIpc) is 3.01. The lowest BCUT2D eigenvalue weighted by Crippen LogP contribution is -2.50. The van der Waals surface area contributed by atoms with Crippen molar-refractivity contribution in [3.63, 3.8) is 0 Å². The fraction of sp³-hybridized carbons (Fsp3) is 0.846. The molecule has 2 bridgehead atoms. The number of fused-ring (bicyclic) bond motifs is 2. The summed E-state index contributed by atoms with van der Waals surface area (Å²) in [5.74, 6) is -0.731. The van der Waals surface area contributed by atoms with Crippen LogP contribution in [0.5, 0.6) is 0 Å². The fourth-order valence-corrected chi connectivity index (χ4v) is 4.19. The van der Waals surface area contributed by atoms with Crippen LogP contribution in [-0.2, 0) is 9.59 Å². The number of aliphatic carboxylic acids is 1. The zero-order valence-corrected chi connectivity index (χ0v) is 10.7. The number of hydrogen-bond acceptors (Lipinski definition) is 4. The molecule has 19 heavy (non-hydrogen) atoms. The van der Waals surface area contributed by atoms with Crippen molar-refractivity contribution < 1.29 is 19.8 Å². The molecule has 4 N–H and O–H groups in total. The van der Waals surface area contributed by atoms with E-state index in [1.165, 1.54) is 4.90 Å². The molecule has 3 aliphatic rings. The first kappa shape index (κ1) is 12.9. The van der Waals surface area contributed by atoms with E-state index in [1.807, 2.05) is 0 Å². The summed E-state index contributed by atoms with van der Waals surface area (Å²) < 4.78 is 0. The Hall–Kier alpha value is -1.14. The number of nitrogens with two attached hydrogens (primary N) is 1. The molecule has 2 aliphatic carbocycles. The molecule has 0 aromatic heterocycles. The van der Waals surface area contributed by atoms with Gasteiger partial charge in [-0.1, -0.05) is 0 Å². The molecule has 1 heterocycles. The van der Waals surface area contributed by atoms with E-state index in [0.29, 0.717) is 11.8 Å². The Labute approximate surface area is 111 Å². The van der Waals surface area contributed by atoms with Crippen LogP contribution in [0.1, 0.15) is 25.7 Å². The lowest BCUT2D eigenvalue weighted by Gasteiger charge is -2.32. The summed E-state index contributed by atoms with van der Waals surface area (Å²) in [5.41, 5.74) is 6.13. The number of aliphatic hydroxyl groups is 1. The van der Waals surface area contributed by atoms with E-state index < -0.39 is 18.1 Å². The summed E-state index contributed by atoms with van der Waals surface area (Å²) in [6.07, 6.45) is 2.48. The first-order valence-electron chi connectivity index (χ1n) is 6.96. The van der Waals surface area contributed by atoms with Crippen LogP contribution in [0.25, 0.3) is 0 Å². The molecule has 1 amide bonds. The molecule has 6 heteroatoms. The third kappa shape index (κ3) is 1.94. The average molecular weight is 268 g/mol. The zero-order chi connectivity index (χ0) is 13.7. The lowest BCUT2D eigenvalue weighted by atomic mass is 9.84. The highest BCUT2D eigenvalue weighted by Crippen LogP contribution is 2.48. The monoisotopic (exact) mass is 268 g/mol. The van der Waals surface area contributed by atoms with E-state index in [2.05, 4.69) is 0 Å². The molecule has 2 saturated carbocycles. The molecule has 106 valence electrons. The van der Waals surface area contributed by atoms with Crippen LogP contribution < -0.4 is 5.73 Å². The van der Waals surface area contributed by atoms with E-state index in [0.717, 1.165) is 19.3 Å². The molecule has 1 saturated heterocycles. The Bertz CT molecular complexity index is 411. The van der Waals surface area contributed by atoms with Gasteiger partial charge in [0.25, 0.3) is 0 Å². The number of carbonyl (C=O) groups is 2. The molecule has 4 unspecified atom stereocenters. The predicted octanol–water partition coefficient (Wildman–Crippen LogP) is -0.594. The van der Waals surface area contributed by atoms with Gasteiger partial charge in [0.15, 0.2) is 0 Å². The fourth-order valence-electron chi connectivity index (χ4n) is 4.19. The van der Waals surface area contributed by atoms with Crippen LogP contribution in [0.3, 0.4) is 0 Å². The van der Waals surface area contributed by atoms with E-state index in [9.17, 15) is 14.7 Å². The van der Waals surface area contributed by atoms with Gasteiger partial charge in [-0.25, -0.2) is 4.79 Å². The number of likely N-dealkylation sites (tertiary alicyclic amines) is 1. The second kappa shape index (κ2) is 4.45. The molecular weight excluding hydrogens is 248 g/mol. The molecule has 0 spiro atoms. The van der Waals surface area contributed by atoms with Gasteiger partial charge in [0.05, 0.1) is 12.0 Å². The smallest absolute Gasteiger partial charge is 0.326 e. The lowest BCUT2D eigenvalue weighted by molar-refractivity contribution is -0.151. The molecule has 1 aliphatic heterocycles. The third-order valence-corrected chi connectivity index (χ3v) is 5.11. The van der Waals surface area contributed by atoms with E-state index >= 15 is 0 Å². The van der Waals surface area contributed by atoms with Gasteiger partial charge < -0.3 is 20.8 Å². The number of β-amino-alcohol motifs (C(OH)–C–C–N with tert-alkyl or cyclic N) is 1. The Balaban J connectivity index is 1.78. The maximum absolute atomic E-state index is 12.6. The second-order valence-corrected chi connectivity index (χ2v) is 6.17. The van der Waals surface area contributed by atoms with E-state index in [1.54, 1.807) is 0 Å². The molecule has 0 aromatic rings. The van der Waals surface area contributed by atoms with Crippen LogP contribution in [0.4, 0.5) is 0 Å². The van der Waals surface area contributed by atoms with Crippen LogP contribution in [0.15, 0.2) is 0 Å². The standard InChI is InChI=1S/C13H20N2O4/c14-11-7-2-1-6(3-7)10(11)12(17)15-5-8(16)4-9(15)13(18)19/h6-11,16H,1-5,14H2,(H,18,19)/t6?,7?,8-,9-,10?,11?/m0/s1. The van der Waals surface area contributed by atoms with Gasteiger partial charge >= 0.3 is 5.97 Å². The Morgan fingerprint density at radius 2 is 1.84 bits per heavy atom.